The summed E-state index contributed by atoms with van der Waals surface area (Å²) in [7, 11) is -3.87. The molecule has 0 aromatic heterocycles. The molecule has 0 atom stereocenters. The van der Waals surface area contributed by atoms with Gasteiger partial charge in [-0.15, -0.1) is 0 Å². The third-order valence-corrected chi connectivity index (χ3v) is 7.08. The normalized spacial score (nSPS) is 11.5. The van der Waals surface area contributed by atoms with E-state index in [0.29, 0.717) is 17.1 Å². The lowest BCUT2D eigenvalue weighted by Crippen LogP contribution is -2.39. The summed E-state index contributed by atoms with van der Waals surface area (Å²) < 4.78 is 27.7. The van der Waals surface area contributed by atoms with Crippen LogP contribution in [0.25, 0.3) is 0 Å². The molecular weight excluding hydrogens is 455 g/mol. The van der Waals surface area contributed by atoms with Crippen molar-refractivity contribution in [3.05, 3.63) is 94.0 Å². The van der Waals surface area contributed by atoms with E-state index in [0.717, 1.165) is 11.1 Å². The van der Waals surface area contributed by atoms with E-state index in [-0.39, 0.29) is 23.0 Å². The maximum atomic E-state index is 13.3. The van der Waals surface area contributed by atoms with Gasteiger partial charge in [0.2, 0.25) is 15.9 Å². The van der Waals surface area contributed by atoms with Crippen LogP contribution < -0.4 is 5.32 Å². The lowest BCUT2D eigenvalue weighted by Gasteiger charge is -2.22. The largest absolute Gasteiger partial charge is 0.324 e. The van der Waals surface area contributed by atoms with Crippen LogP contribution in [0.15, 0.2) is 77.7 Å². The molecule has 0 radical (unpaired) electrons. The van der Waals surface area contributed by atoms with E-state index in [2.05, 4.69) is 5.32 Å². The molecule has 0 fully saturated rings. The Morgan fingerprint density at radius 3 is 2.29 bits per heavy atom. The van der Waals surface area contributed by atoms with Crippen molar-refractivity contribution in [3.63, 3.8) is 0 Å². The Kier molecular flexibility index (Phi) is 7.73. The van der Waals surface area contributed by atoms with E-state index in [1.165, 1.54) is 10.4 Å². The fourth-order valence-electron chi connectivity index (χ4n) is 2.98. The van der Waals surface area contributed by atoms with Crippen molar-refractivity contribution in [1.29, 1.82) is 0 Å². The molecule has 0 unspecified atom stereocenters. The van der Waals surface area contributed by atoms with Crippen LogP contribution in [0, 0.1) is 6.92 Å². The van der Waals surface area contributed by atoms with Crippen molar-refractivity contribution in [1.82, 2.24) is 4.31 Å². The highest BCUT2D eigenvalue weighted by Gasteiger charge is 2.26. The number of anilines is 1. The highest BCUT2D eigenvalue weighted by molar-refractivity contribution is 7.89. The molecular formula is C23H22Cl2N2O3S. The number of carbonyl (C=O) groups excluding carboxylic acids is 1. The van der Waals surface area contributed by atoms with Gasteiger partial charge in [0.15, 0.2) is 0 Å². The van der Waals surface area contributed by atoms with Gasteiger partial charge in [0.05, 0.1) is 22.2 Å². The molecule has 0 heterocycles. The van der Waals surface area contributed by atoms with Crippen molar-refractivity contribution in [2.24, 2.45) is 0 Å². The van der Waals surface area contributed by atoms with Gasteiger partial charge in [0, 0.05) is 11.6 Å². The summed E-state index contributed by atoms with van der Waals surface area (Å²) in [5.41, 5.74) is 2.30. The first-order valence-corrected chi connectivity index (χ1v) is 11.8. The Morgan fingerprint density at radius 2 is 1.65 bits per heavy atom. The predicted octanol–water partition coefficient (Wildman–Crippen LogP) is 5.17. The summed E-state index contributed by atoms with van der Waals surface area (Å²) in [4.78, 5) is 12.8. The third kappa shape index (κ3) is 6.31. The molecule has 3 aromatic rings. The molecule has 162 valence electrons. The smallest absolute Gasteiger partial charge is 0.243 e. The molecule has 0 aliphatic heterocycles. The standard InChI is InChI=1S/C23H22Cl2N2O3S/c1-17-7-10-20(11-8-17)31(29,30)27(14-13-18-5-3-2-4-6-18)16-23(28)26-22-12-9-19(24)15-21(22)25/h2-12,15H,13-14,16H2,1H3,(H,26,28). The van der Waals surface area contributed by atoms with E-state index < -0.39 is 15.9 Å². The topological polar surface area (TPSA) is 66.5 Å². The first-order chi connectivity index (χ1) is 14.8. The quantitative estimate of drug-likeness (QED) is 0.487. The number of hydrogen-bond acceptors (Lipinski definition) is 3. The summed E-state index contributed by atoms with van der Waals surface area (Å²) in [5.74, 6) is -0.493. The number of hydrogen-bond donors (Lipinski definition) is 1. The molecule has 1 amide bonds. The van der Waals surface area contributed by atoms with Gasteiger partial charge in [-0.05, 0) is 49.2 Å². The number of nitrogens with zero attached hydrogens (tertiary/aromatic N) is 1. The van der Waals surface area contributed by atoms with Gasteiger partial charge in [-0.1, -0.05) is 71.2 Å². The van der Waals surface area contributed by atoms with Crippen molar-refractivity contribution in [2.45, 2.75) is 18.2 Å². The van der Waals surface area contributed by atoms with Gasteiger partial charge >= 0.3 is 0 Å². The zero-order valence-corrected chi connectivity index (χ0v) is 19.2. The highest BCUT2D eigenvalue weighted by atomic mass is 35.5. The van der Waals surface area contributed by atoms with Gasteiger partial charge in [-0.2, -0.15) is 4.31 Å². The summed E-state index contributed by atoms with van der Waals surface area (Å²) in [6.07, 6.45) is 0.473. The summed E-state index contributed by atoms with van der Waals surface area (Å²) in [6.45, 7) is 1.69. The maximum absolute atomic E-state index is 13.3. The summed E-state index contributed by atoms with van der Waals surface area (Å²) >= 11 is 12.0. The van der Waals surface area contributed by atoms with Crippen LogP contribution in [-0.4, -0.2) is 31.7 Å². The molecule has 3 aromatic carbocycles. The monoisotopic (exact) mass is 476 g/mol. The van der Waals surface area contributed by atoms with Crippen LogP contribution in [0.2, 0.25) is 10.0 Å². The molecule has 0 bridgehead atoms. The zero-order chi connectivity index (χ0) is 22.4. The van der Waals surface area contributed by atoms with E-state index >= 15 is 0 Å². The van der Waals surface area contributed by atoms with E-state index in [1.807, 2.05) is 37.3 Å². The van der Waals surface area contributed by atoms with Gasteiger partial charge in [0.1, 0.15) is 0 Å². The van der Waals surface area contributed by atoms with Gasteiger partial charge < -0.3 is 5.32 Å². The highest BCUT2D eigenvalue weighted by Crippen LogP contribution is 2.25. The minimum atomic E-state index is -3.87. The first kappa shape index (κ1) is 23.3. The Hall–Kier alpha value is -2.38. The fraction of sp³-hybridized carbons (Fsp3) is 0.174. The van der Waals surface area contributed by atoms with Gasteiger partial charge in [0.25, 0.3) is 0 Å². The minimum Gasteiger partial charge on any atom is -0.324 e. The minimum absolute atomic E-state index is 0.142. The number of aryl methyl sites for hydroxylation is 1. The molecule has 0 aliphatic carbocycles. The van der Waals surface area contributed by atoms with Crippen LogP contribution in [0.1, 0.15) is 11.1 Å². The number of rotatable bonds is 8. The number of nitrogens with one attached hydrogen (secondary N) is 1. The Labute approximate surface area is 192 Å². The second-order valence-corrected chi connectivity index (χ2v) is 9.84. The Bertz CT molecular complexity index is 1150. The number of halogens is 2. The number of sulfonamides is 1. The Morgan fingerprint density at radius 1 is 0.968 bits per heavy atom. The molecule has 0 aliphatic rings. The molecule has 3 rings (SSSR count). The number of benzene rings is 3. The molecule has 31 heavy (non-hydrogen) atoms. The third-order valence-electron chi connectivity index (χ3n) is 4.68. The molecule has 0 spiro atoms. The van der Waals surface area contributed by atoms with Crippen molar-refractivity contribution >= 4 is 44.8 Å². The average Bonchev–Trinajstić information content (AvgIpc) is 2.74. The number of amides is 1. The second-order valence-electron chi connectivity index (χ2n) is 7.06. The number of carbonyl (C=O) groups is 1. The molecule has 5 nitrogen and oxygen atoms in total. The fourth-order valence-corrected chi connectivity index (χ4v) is 4.84. The summed E-state index contributed by atoms with van der Waals surface area (Å²) in [6, 6.07) is 20.8. The van der Waals surface area contributed by atoms with Crippen LogP contribution in [0.4, 0.5) is 5.69 Å². The van der Waals surface area contributed by atoms with Crippen molar-refractivity contribution in [2.75, 3.05) is 18.4 Å². The van der Waals surface area contributed by atoms with Crippen LogP contribution in [0.3, 0.4) is 0 Å². The van der Waals surface area contributed by atoms with Crippen LogP contribution >= 0.6 is 23.2 Å². The van der Waals surface area contributed by atoms with E-state index in [9.17, 15) is 13.2 Å². The van der Waals surface area contributed by atoms with Crippen molar-refractivity contribution < 1.29 is 13.2 Å². The summed E-state index contributed by atoms with van der Waals surface area (Å²) in [5, 5.41) is 3.38. The maximum Gasteiger partial charge on any atom is 0.243 e. The zero-order valence-electron chi connectivity index (χ0n) is 16.9. The van der Waals surface area contributed by atoms with Gasteiger partial charge in [-0.25, -0.2) is 8.42 Å². The van der Waals surface area contributed by atoms with E-state index in [4.69, 9.17) is 23.2 Å². The first-order valence-electron chi connectivity index (χ1n) is 9.61. The average molecular weight is 477 g/mol. The molecule has 8 heteroatoms. The lowest BCUT2D eigenvalue weighted by atomic mass is 10.1. The van der Waals surface area contributed by atoms with E-state index in [1.54, 1.807) is 36.4 Å². The second kappa shape index (κ2) is 10.3. The molecule has 0 saturated carbocycles. The SMILES string of the molecule is Cc1ccc(S(=O)(=O)N(CCc2ccccc2)CC(=O)Nc2ccc(Cl)cc2Cl)cc1. The van der Waals surface area contributed by atoms with Crippen LogP contribution in [0.5, 0.6) is 0 Å². The van der Waals surface area contributed by atoms with Crippen molar-refractivity contribution in [3.8, 4) is 0 Å². The van der Waals surface area contributed by atoms with Crippen LogP contribution in [-0.2, 0) is 21.2 Å². The molecule has 0 saturated heterocycles. The molecule has 1 N–H and O–H groups in total. The lowest BCUT2D eigenvalue weighted by molar-refractivity contribution is -0.116. The predicted molar refractivity (Wildman–Crippen MR) is 125 cm³/mol. The van der Waals surface area contributed by atoms with Gasteiger partial charge in [-0.3, -0.25) is 4.79 Å². The Balaban J connectivity index is 1.82.